The molecule has 0 spiro atoms. The van der Waals surface area contributed by atoms with E-state index in [0.717, 1.165) is 39.3 Å². The van der Waals surface area contributed by atoms with Gasteiger partial charge in [0.05, 0.1) is 31.2 Å². The molecule has 0 radical (unpaired) electrons. The third-order valence-electron chi connectivity index (χ3n) is 5.61. The Morgan fingerprint density at radius 3 is 2.36 bits per heavy atom. The summed E-state index contributed by atoms with van der Waals surface area (Å²) < 4.78 is 12.4. The van der Waals surface area contributed by atoms with E-state index in [1.165, 1.54) is 0 Å². The lowest BCUT2D eigenvalue weighted by Crippen LogP contribution is -2.12. The summed E-state index contributed by atoms with van der Waals surface area (Å²) in [6.07, 6.45) is 4.19. The second-order valence-electron chi connectivity index (χ2n) is 7.81. The Bertz CT molecular complexity index is 1270. The van der Waals surface area contributed by atoms with Gasteiger partial charge < -0.3 is 19.5 Å². The van der Waals surface area contributed by atoms with Gasteiger partial charge in [-0.1, -0.05) is 24.3 Å². The molecule has 0 fully saturated rings. The van der Waals surface area contributed by atoms with Crippen molar-refractivity contribution in [3.8, 4) is 28.1 Å². The first-order chi connectivity index (χ1) is 16.0. The number of nitrogens with zero attached hydrogens (tertiary/aromatic N) is 1. The Balaban J connectivity index is 1.76. The van der Waals surface area contributed by atoms with Crippen LogP contribution in [0, 0.1) is 6.92 Å². The van der Waals surface area contributed by atoms with Gasteiger partial charge in [-0.05, 0) is 73.4 Å². The maximum atomic E-state index is 12.0. The van der Waals surface area contributed by atoms with E-state index in [0.29, 0.717) is 18.6 Å². The average molecular weight is 443 g/mol. The Labute approximate surface area is 192 Å². The first kappa shape index (κ1) is 22.1. The maximum absolute atomic E-state index is 12.0. The molecule has 0 saturated carbocycles. The molecule has 4 rings (SSSR count). The number of nitrogens with two attached hydrogens (primary N) is 1. The fraction of sp³-hybridized carbons (Fsp3) is 0.185. The van der Waals surface area contributed by atoms with Crippen LogP contribution in [-0.2, 0) is 16.0 Å². The van der Waals surface area contributed by atoms with E-state index >= 15 is 0 Å². The SMILES string of the molecule is CCOC(=O)CCc1ccc(-c2ccc(-c3ccoc3)cc2)n1-c1ccc(C(N)=O)cc1C. The molecule has 0 saturated heterocycles. The number of rotatable bonds is 8. The van der Waals surface area contributed by atoms with Crippen LogP contribution in [0.2, 0.25) is 0 Å². The van der Waals surface area contributed by atoms with E-state index in [2.05, 4.69) is 34.9 Å². The van der Waals surface area contributed by atoms with Gasteiger partial charge >= 0.3 is 5.97 Å². The minimum Gasteiger partial charge on any atom is -0.472 e. The number of primary amides is 1. The van der Waals surface area contributed by atoms with Crippen LogP contribution >= 0.6 is 0 Å². The molecule has 0 aliphatic carbocycles. The number of aryl methyl sites for hydroxylation is 2. The molecule has 6 nitrogen and oxygen atoms in total. The van der Waals surface area contributed by atoms with Gasteiger partial charge in [0, 0.05) is 22.5 Å². The zero-order valence-corrected chi connectivity index (χ0v) is 18.7. The summed E-state index contributed by atoms with van der Waals surface area (Å²) in [4.78, 5) is 23.6. The fourth-order valence-corrected chi connectivity index (χ4v) is 3.97. The standard InChI is InChI=1S/C27H26N2O4/c1-3-33-26(30)13-10-23-9-12-25(20-6-4-19(5-7-20)22-14-15-32-17-22)29(23)24-11-8-21(27(28)31)16-18(24)2/h4-9,11-12,14-17H,3,10,13H2,1-2H3,(H2,28,31). The van der Waals surface area contributed by atoms with Crippen molar-refractivity contribution in [3.63, 3.8) is 0 Å². The third-order valence-corrected chi connectivity index (χ3v) is 5.61. The van der Waals surface area contributed by atoms with E-state index in [1.54, 1.807) is 31.6 Å². The van der Waals surface area contributed by atoms with Crippen LogP contribution in [0.5, 0.6) is 0 Å². The molecule has 2 aromatic carbocycles. The molecule has 0 atom stereocenters. The highest BCUT2D eigenvalue weighted by Gasteiger charge is 2.16. The number of ether oxygens (including phenoxy) is 1. The predicted molar refractivity (Wildman–Crippen MR) is 127 cm³/mol. The Morgan fingerprint density at radius 2 is 1.73 bits per heavy atom. The predicted octanol–water partition coefficient (Wildman–Crippen LogP) is 5.31. The van der Waals surface area contributed by atoms with Gasteiger partial charge in [-0.3, -0.25) is 9.59 Å². The van der Waals surface area contributed by atoms with Crippen molar-refractivity contribution >= 4 is 11.9 Å². The summed E-state index contributed by atoms with van der Waals surface area (Å²) in [6, 6.07) is 19.7. The molecule has 0 aliphatic heterocycles. The molecule has 0 aliphatic rings. The monoisotopic (exact) mass is 442 g/mol. The zero-order valence-electron chi connectivity index (χ0n) is 18.7. The van der Waals surface area contributed by atoms with Crippen LogP contribution in [0.4, 0.5) is 0 Å². The number of hydrogen-bond acceptors (Lipinski definition) is 4. The van der Waals surface area contributed by atoms with Crippen LogP contribution in [0.3, 0.4) is 0 Å². The first-order valence-electron chi connectivity index (χ1n) is 10.9. The summed E-state index contributed by atoms with van der Waals surface area (Å²) in [5.41, 5.74) is 12.8. The van der Waals surface area contributed by atoms with Crippen LogP contribution < -0.4 is 5.73 Å². The number of furan rings is 1. The molecule has 1 amide bonds. The van der Waals surface area contributed by atoms with Gasteiger partial charge in [0.2, 0.25) is 5.91 Å². The van der Waals surface area contributed by atoms with Crippen molar-refractivity contribution in [1.82, 2.24) is 4.57 Å². The van der Waals surface area contributed by atoms with E-state index in [9.17, 15) is 9.59 Å². The van der Waals surface area contributed by atoms with Gasteiger partial charge in [-0.15, -0.1) is 0 Å². The molecular weight excluding hydrogens is 416 g/mol. The second kappa shape index (κ2) is 9.61. The Kier molecular flexibility index (Phi) is 6.45. The largest absolute Gasteiger partial charge is 0.472 e. The number of esters is 1. The van der Waals surface area contributed by atoms with Crippen LogP contribution in [0.1, 0.15) is 35.0 Å². The van der Waals surface area contributed by atoms with E-state index in [-0.39, 0.29) is 12.4 Å². The number of aromatic nitrogens is 1. The molecule has 33 heavy (non-hydrogen) atoms. The second-order valence-corrected chi connectivity index (χ2v) is 7.81. The topological polar surface area (TPSA) is 87.5 Å². The van der Waals surface area contributed by atoms with Crippen molar-refractivity contribution in [2.24, 2.45) is 5.73 Å². The number of hydrogen-bond donors (Lipinski definition) is 1. The summed E-state index contributed by atoms with van der Waals surface area (Å²) in [6.45, 7) is 4.11. The normalized spacial score (nSPS) is 10.8. The third kappa shape index (κ3) is 4.75. The van der Waals surface area contributed by atoms with Gasteiger partial charge in [0.1, 0.15) is 0 Å². The Hall–Kier alpha value is -4.06. The van der Waals surface area contributed by atoms with Crippen molar-refractivity contribution in [1.29, 1.82) is 0 Å². The number of amides is 1. The van der Waals surface area contributed by atoms with Crippen molar-refractivity contribution in [2.75, 3.05) is 6.61 Å². The van der Waals surface area contributed by atoms with Crippen LogP contribution in [0.25, 0.3) is 28.1 Å². The molecule has 6 heteroatoms. The molecule has 168 valence electrons. The van der Waals surface area contributed by atoms with Crippen LogP contribution in [0.15, 0.2) is 77.6 Å². The maximum Gasteiger partial charge on any atom is 0.306 e. The number of carbonyl (C=O) groups is 2. The zero-order chi connectivity index (χ0) is 23.4. The molecule has 4 aromatic rings. The summed E-state index contributed by atoms with van der Waals surface area (Å²) >= 11 is 0. The van der Waals surface area contributed by atoms with Crippen molar-refractivity contribution in [2.45, 2.75) is 26.7 Å². The highest BCUT2D eigenvalue weighted by molar-refractivity contribution is 5.93. The lowest BCUT2D eigenvalue weighted by Gasteiger charge is -2.17. The fourth-order valence-electron chi connectivity index (χ4n) is 3.97. The van der Waals surface area contributed by atoms with E-state index < -0.39 is 5.91 Å². The number of benzene rings is 2. The number of carbonyl (C=O) groups excluding carboxylic acids is 2. The molecule has 0 bridgehead atoms. The van der Waals surface area contributed by atoms with Crippen LogP contribution in [-0.4, -0.2) is 23.1 Å². The lowest BCUT2D eigenvalue weighted by atomic mass is 10.0. The summed E-state index contributed by atoms with van der Waals surface area (Å²) in [5, 5.41) is 0. The average Bonchev–Trinajstić information content (AvgIpc) is 3.48. The quantitative estimate of drug-likeness (QED) is 0.375. The molecule has 2 N–H and O–H groups in total. The highest BCUT2D eigenvalue weighted by Crippen LogP contribution is 2.31. The van der Waals surface area contributed by atoms with E-state index in [1.807, 2.05) is 25.1 Å². The minimum atomic E-state index is -0.463. The smallest absolute Gasteiger partial charge is 0.306 e. The molecule has 2 heterocycles. The van der Waals surface area contributed by atoms with Gasteiger partial charge in [0.15, 0.2) is 0 Å². The van der Waals surface area contributed by atoms with Gasteiger partial charge in [-0.25, -0.2) is 0 Å². The first-order valence-corrected chi connectivity index (χ1v) is 10.9. The van der Waals surface area contributed by atoms with Crippen molar-refractivity contribution in [3.05, 3.63) is 90.0 Å². The minimum absolute atomic E-state index is 0.225. The molecule has 0 unspecified atom stereocenters. The highest BCUT2D eigenvalue weighted by atomic mass is 16.5. The summed E-state index contributed by atoms with van der Waals surface area (Å²) in [7, 11) is 0. The molecular formula is C27H26N2O4. The van der Waals surface area contributed by atoms with Crippen molar-refractivity contribution < 1.29 is 18.7 Å². The molecule has 2 aromatic heterocycles. The summed E-state index contributed by atoms with van der Waals surface area (Å²) in [5.74, 6) is -0.688. The van der Waals surface area contributed by atoms with Gasteiger partial charge in [0.25, 0.3) is 0 Å². The van der Waals surface area contributed by atoms with Gasteiger partial charge in [-0.2, -0.15) is 0 Å². The van der Waals surface area contributed by atoms with E-state index in [4.69, 9.17) is 14.9 Å². The Morgan fingerprint density at radius 1 is 0.970 bits per heavy atom. The lowest BCUT2D eigenvalue weighted by molar-refractivity contribution is -0.143.